The fourth-order valence-electron chi connectivity index (χ4n) is 0.847. The molecule has 2 N–H and O–H groups in total. The van der Waals surface area contributed by atoms with Crippen LogP contribution in [0.15, 0.2) is 6.20 Å². The van der Waals surface area contributed by atoms with Crippen LogP contribution < -0.4 is 10.9 Å². The predicted molar refractivity (Wildman–Crippen MR) is 60.0 cm³/mol. The molecule has 17 heavy (non-hydrogen) atoms. The molecular weight excluding hydrogens is 251 g/mol. The van der Waals surface area contributed by atoms with Gasteiger partial charge in [0.05, 0.1) is 6.20 Å². The van der Waals surface area contributed by atoms with E-state index in [1.165, 1.54) is 0 Å². The minimum absolute atomic E-state index is 0.139. The highest BCUT2D eigenvalue weighted by atomic mass is 35.5. The third kappa shape index (κ3) is 4.81. The van der Waals surface area contributed by atoms with Crippen LogP contribution in [0.3, 0.4) is 0 Å². The Morgan fingerprint density at radius 3 is 2.76 bits per heavy atom. The molecule has 0 fully saturated rings. The van der Waals surface area contributed by atoms with Crippen LogP contribution in [0, 0.1) is 5.82 Å². The molecule has 0 aliphatic carbocycles. The first-order chi connectivity index (χ1) is 7.78. The fourth-order valence-corrected chi connectivity index (χ4v) is 0.980. The molecular formula is C9H12ClFN4O2. The van der Waals surface area contributed by atoms with Gasteiger partial charge in [0, 0.05) is 0 Å². The van der Waals surface area contributed by atoms with Gasteiger partial charge in [-0.05, 0) is 32.4 Å². The van der Waals surface area contributed by atoms with Crippen LogP contribution >= 0.6 is 11.6 Å². The SMILES string of the molecule is CC(C)(C)OC(=O)NNc1nc(Cl)ncc1F. The Bertz CT molecular complexity index is 422. The molecule has 1 amide bonds. The van der Waals surface area contributed by atoms with E-state index in [0.717, 1.165) is 6.20 Å². The van der Waals surface area contributed by atoms with Crippen LogP contribution in [-0.2, 0) is 4.74 Å². The maximum Gasteiger partial charge on any atom is 0.426 e. The largest absolute Gasteiger partial charge is 0.443 e. The van der Waals surface area contributed by atoms with E-state index in [2.05, 4.69) is 20.8 Å². The predicted octanol–water partition coefficient (Wildman–Crippen LogP) is 2.12. The lowest BCUT2D eigenvalue weighted by Crippen LogP contribution is -2.36. The number of aromatic nitrogens is 2. The molecule has 0 saturated carbocycles. The molecule has 0 atom stereocenters. The molecule has 0 aromatic carbocycles. The monoisotopic (exact) mass is 262 g/mol. The Kier molecular flexibility index (Phi) is 4.06. The lowest BCUT2D eigenvalue weighted by molar-refractivity contribution is 0.0540. The van der Waals surface area contributed by atoms with Crippen LogP contribution in [0.4, 0.5) is 15.0 Å². The van der Waals surface area contributed by atoms with Gasteiger partial charge >= 0.3 is 6.09 Å². The van der Waals surface area contributed by atoms with Crippen molar-refractivity contribution in [2.24, 2.45) is 0 Å². The summed E-state index contributed by atoms with van der Waals surface area (Å²) in [5.74, 6) is -0.985. The number of amides is 1. The van der Waals surface area contributed by atoms with Crippen LogP contribution in [0.1, 0.15) is 20.8 Å². The molecule has 8 heteroatoms. The van der Waals surface area contributed by atoms with E-state index < -0.39 is 17.5 Å². The lowest BCUT2D eigenvalue weighted by Gasteiger charge is -2.19. The van der Waals surface area contributed by atoms with Crippen LogP contribution in [0.25, 0.3) is 0 Å². The number of carbonyl (C=O) groups is 1. The maximum atomic E-state index is 13.1. The number of nitrogens with zero attached hydrogens (tertiary/aromatic N) is 2. The summed E-state index contributed by atoms with van der Waals surface area (Å²) < 4.78 is 18.0. The first-order valence-corrected chi connectivity index (χ1v) is 5.09. The zero-order chi connectivity index (χ0) is 13.1. The fraction of sp³-hybridized carbons (Fsp3) is 0.444. The Balaban J connectivity index is 2.56. The minimum atomic E-state index is -0.758. The van der Waals surface area contributed by atoms with E-state index in [0.29, 0.717) is 0 Å². The third-order valence-corrected chi connectivity index (χ3v) is 1.58. The number of rotatable bonds is 2. The van der Waals surface area contributed by atoms with Gasteiger partial charge in [-0.1, -0.05) is 0 Å². The highest BCUT2D eigenvalue weighted by molar-refractivity contribution is 6.28. The minimum Gasteiger partial charge on any atom is -0.443 e. The zero-order valence-electron chi connectivity index (χ0n) is 9.54. The molecule has 6 nitrogen and oxygen atoms in total. The summed E-state index contributed by atoms with van der Waals surface area (Å²) in [5, 5.41) is -0.139. The summed E-state index contributed by atoms with van der Waals surface area (Å²) in [7, 11) is 0. The Morgan fingerprint density at radius 1 is 1.53 bits per heavy atom. The summed E-state index contributed by atoms with van der Waals surface area (Å²) in [6.07, 6.45) is 0.126. The van der Waals surface area contributed by atoms with Gasteiger partial charge in [-0.3, -0.25) is 5.43 Å². The lowest BCUT2D eigenvalue weighted by atomic mass is 10.2. The second kappa shape index (κ2) is 5.13. The van der Waals surface area contributed by atoms with Gasteiger partial charge in [-0.2, -0.15) is 4.98 Å². The normalized spacial score (nSPS) is 10.9. The van der Waals surface area contributed by atoms with Gasteiger partial charge in [0.1, 0.15) is 5.60 Å². The quantitative estimate of drug-likeness (QED) is 0.631. The summed E-state index contributed by atoms with van der Waals surface area (Å²) in [6, 6.07) is 0. The number of anilines is 1. The smallest absolute Gasteiger partial charge is 0.426 e. The molecule has 1 rings (SSSR count). The van der Waals surface area contributed by atoms with Crippen molar-refractivity contribution < 1.29 is 13.9 Å². The van der Waals surface area contributed by atoms with Crippen LogP contribution in [-0.4, -0.2) is 21.7 Å². The van der Waals surface area contributed by atoms with Gasteiger partial charge in [0.15, 0.2) is 11.6 Å². The molecule has 0 aliphatic heterocycles. The van der Waals surface area contributed by atoms with Crippen molar-refractivity contribution in [3.8, 4) is 0 Å². The molecule has 0 bridgehead atoms. The Labute approximate surface area is 103 Å². The maximum absolute atomic E-state index is 13.1. The molecule has 0 spiro atoms. The number of hydrazine groups is 1. The van der Waals surface area contributed by atoms with Crippen molar-refractivity contribution in [1.82, 2.24) is 15.4 Å². The van der Waals surface area contributed by atoms with Crippen molar-refractivity contribution in [2.45, 2.75) is 26.4 Å². The van der Waals surface area contributed by atoms with E-state index in [9.17, 15) is 9.18 Å². The van der Waals surface area contributed by atoms with Crippen molar-refractivity contribution >= 4 is 23.5 Å². The van der Waals surface area contributed by atoms with Gasteiger partial charge in [-0.15, -0.1) is 0 Å². The van der Waals surface area contributed by atoms with Gasteiger partial charge in [0.2, 0.25) is 5.28 Å². The number of nitrogens with one attached hydrogen (secondary N) is 2. The van der Waals surface area contributed by atoms with E-state index in [4.69, 9.17) is 16.3 Å². The number of halogens is 2. The van der Waals surface area contributed by atoms with Crippen molar-refractivity contribution in [3.63, 3.8) is 0 Å². The number of ether oxygens (including phenoxy) is 1. The van der Waals surface area contributed by atoms with Crippen LogP contribution in [0.2, 0.25) is 5.28 Å². The topological polar surface area (TPSA) is 76.1 Å². The molecule has 0 aliphatic rings. The summed E-state index contributed by atoms with van der Waals surface area (Å²) >= 11 is 5.47. The van der Waals surface area contributed by atoms with E-state index in [-0.39, 0.29) is 11.1 Å². The molecule has 1 aromatic heterocycles. The second-order valence-electron chi connectivity index (χ2n) is 4.09. The van der Waals surface area contributed by atoms with Gasteiger partial charge in [0.25, 0.3) is 0 Å². The van der Waals surface area contributed by atoms with Crippen molar-refractivity contribution in [1.29, 1.82) is 0 Å². The average molecular weight is 263 g/mol. The number of hydrogen-bond donors (Lipinski definition) is 2. The van der Waals surface area contributed by atoms with Crippen LogP contribution in [0.5, 0.6) is 0 Å². The van der Waals surface area contributed by atoms with E-state index in [1.54, 1.807) is 20.8 Å². The third-order valence-electron chi connectivity index (χ3n) is 1.40. The summed E-state index contributed by atoms with van der Waals surface area (Å²) in [6.45, 7) is 5.11. The summed E-state index contributed by atoms with van der Waals surface area (Å²) in [5.41, 5.74) is 3.72. The Morgan fingerprint density at radius 2 is 2.18 bits per heavy atom. The van der Waals surface area contributed by atoms with Crippen molar-refractivity contribution in [3.05, 3.63) is 17.3 Å². The first kappa shape index (κ1) is 13.4. The standard InChI is InChI=1S/C9H12ClFN4O2/c1-9(2,3)17-8(16)15-14-6-5(11)4-12-7(10)13-6/h4H,1-3H3,(H,15,16)(H,12,13,14). The number of hydrogen-bond acceptors (Lipinski definition) is 5. The molecule has 0 radical (unpaired) electrons. The van der Waals surface area contributed by atoms with Gasteiger partial charge < -0.3 is 4.74 Å². The van der Waals surface area contributed by atoms with Gasteiger partial charge in [-0.25, -0.2) is 19.6 Å². The second-order valence-corrected chi connectivity index (χ2v) is 4.43. The average Bonchev–Trinajstić information content (AvgIpc) is 2.17. The molecule has 1 heterocycles. The molecule has 94 valence electrons. The summed E-state index contributed by atoms with van der Waals surface area (Å²) in [4.78, 5) is 18.2. The Hall–Kier alpha value is -1.63. The molecule has 1 aromatic rings. The molecule has 0 saturated heterocycles. The number of carbonyl (C=O) groups excluding carboxylic acids is 1. The van der Waals surface area contributed by atoms with Crippen molar-refractivity contribution in [2.75, 3.05) is 5.43 Å². The van der Waals surface area contributed by atoms with E-state index >= 15 is 0 Å². The van der Waals surface area contributed by atoms with E-state index in [1.807, 2.05) is 0 Å². The highest BCUT2D eigenvalue weighted by Crippen LogP contribution is 2.11. The first-order valence-electron chi connectivity index (χ1n) is 4.71. The molecule has 0 unspecified atom stereocenters. The zero-order valence-corrected chi connectivity index (χ0v) is 10.3. The highest BCUT2D eigenvalue weighted by Gasteiger charge is 2.16.